The van der Waals surface area contributed by atoms with Gasteiger partial charge < -0.3 is 10.6 Å². The molecule has 0 bridgehead atoms. The summed E-state index contributed by atoms with van der Waals surface area (Å²) in [5, 5.41) is 4.71. The molecule has 2 aromatic rings. The first kappa shape index (κ1) is 14.6. The van der Waals surface area contributed by atoms with Gasteiger partial charge in [-0.05, 0) is 19.3 Å². The average molecular weight is 314 g/mol. The van der Waals surface area contributed by atoms with E-state index in [2.05, 4.69) is 9.97 Å². The summed E-state index contributed by atoms with van der Waals surface area (Å²) >= 11 is 0. The summed E-state index contributed by atoms with van der Waals surface area (Å²) in [7, 11) is 0. The van der Waals surface area contributed by atoms with Crippen LogP contribution >= 0.6 is 0 Å². The Morgan fingerprint density at radius 2 is 2.09 bits per heavy atom. The lowest BCUT2D eigenvalue weighted by atomic mass is 9.84. The van der Waals surface area contributed by atoms with E-state index in [0.717, 1.165) is 49.2 Å². The predicted molar refractivity (Wildman–Crippen MR) is 85.7 cm³/mol. The van der Waals surface area contributed by atoms with Crippen molar-refractivity contribution in [2.45, 2.75) is 38.1 Å². The first-order chi connectivity index (χ1) is 11.3. The lowest BCUT2D eigenvalue weighted by Gasteiger charge is -2.29. The van der Waals surface area contributed by atoms with Crippen molar-refractivity contribution in [2.24, 2.45) is 11.7 Å². The molecule has 7 nitrogen and oxygen atoms in total. The summed E-state index contributed by atoms with van der Waals surface area (Å²) in [4.78, 5) is 23.3. The number of aromatic nitrogens is 4. The van der Waals surface area contributed by atoms with Crippen LogP contribution < -0.4 is 5.73 Å². The molecular formula is C16H22N6O. The molecule has 2 fully saturated rings. The number of amides is 1. The van der Waals surface area contributed by atoms with E-state index in [-0.39, 0.29) is 11.8 Å². The molecule has 23 heavy (non-hydrogen) atoms. The fourth-order valence-electron chi connectivity index (χ4n) is 3.58. The Labute approximate surface area is 134 Å². The molecule has 1 amide bonds. The average Bonchev–Trinajstić information content (AvgIpc) is 3.11. The van der Waals surface area contributed by atoms with Crippen LogP contribution in [-0.2, 0) is 11.3 Å². The molecule has 0 unspecified atom stereocenters. The molecule has 0 spiro atoms. The molecule has 122 valence electrons. The number of likely N-dealkylation sites (tertiary alicyclic amines) is 1. The van der Waals surface area contributed by atoms with Gasteiger partial charge in [0.05, 0.1) is 12.2 Å². The van der Waals surface area contributed by atoms with Crippen molar-refractivity contribution in [3.05, 3.63) is 18.1 Å². The van der Waals surface area contributed by atoms with E-state index in [1.54, 1.807) is 12.4 Å². The number of fused-ring (bicyclic) bond motifs is 1. The second-order valence-corrected chi connectivity index (χ2v) is 6.52. The smallest absolute Gasteiger partial charge is 0.225 e. The van der Waals surface area contributed by atoms with Crippen molar-refractivity contribution in [1.82, 2.24) is 24.6 Å². The van der Waals surface area contributed by atoms with Crippen molar-refractivity contribution in [2.75, 3.05) is 19.6 Å². The van der Waals surface area contributed by atoms with Gasteiger partial charge in [0.1, 0.15) is 5.52 Å². The highest BCUT2D eigenvalue weighted by Crippen LogP contribution is 2.34. The Morgan fingerprint density at radius 3 is 2.83 bits per heavy atom. The van der Waals surface area contributed by atoms with E-state index in [4.69, 9.17) is 10.8 Å². The second-order valence-electron chi connectivity index (χ2n) is 6.52. The molecule has 0 aromatic carbocycles. The molecular weight excluding hydrogens is 292 g/mol. The minimum absolute atomic E-state index is 0.247. The van der Waals surface area contributed by atoms with Crippen LogP contribution in [0.5, 0.6) is 0 Å². The van der Waals surface area contributed by atoms with Crippen LogP contribution in [0.1, 0.15) is 37.3 Å². The maximum Gasteiger partial charge on any atom is 0.225 e. The molecule has 4 rings (SSSR count). The third-order valence-electron chi connectivity index (χ3n) is 5.08. The largest absolute Gasteiger partial charge is 0.342 e. The Morgan fingerprint density at radius 1 is 1.26 bits per heavy atom. The van der Waals surface area contributed by atoms with Crippen LogP contribution in [0.25, 0.3) is 11.2 Å². The number of hydrogen-bond donors (Lipinski definition) is 1. The topological polar surface area (TPSA) is 89.9 Å². The first-order valence-electron chi connectivity index (χ1n) is 8.44. The maximum absolute atomic E-state index is 12.4. The zero-order valence-electron chi connectivity index (χ0n) is 13.2. The van der Waals surface area contributed by atoms with Crippen molar-refractivity contribution in [3.63, 3.8) is 0 Å². The molecule has 3 heterocycles. The normalized spacial score (nSPS) is 21.8. The molecule has 7 heteroatoms. The molecule has 1 aliphatic heterocycles. The quantitative estimate of drug-likeness (QED) is 0.905. The van der Waals surface area contributed by atoms with E-state index in [0.29, 0.717) is 19.0 Å². The van der Waals surface area contributed by atoms with Crippen LogP contribution in [-0.4, -0.2) is 50.2 Å². The monoisotopic (exact) mass is 314 g/mol. The van der Waals surface area contributed by atoms with E-state index >= 15 is 0 Å². The Kier molecular flexibility index (Phi) is 3.72. The first-order valence-corrected chi connectivity index (χ1v) is 8.44. The van der Waals surface area contributed by atoms with Gasteiger partial charge in [-0.15, -0.1) is 0 Å². The Hall–Kier alpha value is -2.02. The fourth-order valence-corrected chi connectivity index (χ4v) is 3.58. The van der Waals surface area contributed by atoms with Gasteiger partial charge >= 0.3 is 0 Å². The summed E-state index contributed by atoms with van der Waals surface area (Å²) in [6.45, 7) is 2.72. The highest BCUT2D eigenvalue weighted by Gasteiger charge is 2.35. The summed E-state index contributed by atoms with van der Waals surface area (Å²) in [5.41, 5.74) is 8.27. The van der Waals surface area contributed by atoms with Crippen molar-refractivity contribution >= 4 is 17.1 Å². The lowest BCUT2D eigenvalue weighted by molar-refractivity contribution is -0.137. The van der Waals surface area contributed by atoms with Crippen LogP contribution in [0.4, 0.5) is 0 Å². The molecule has 0 radical (unpaired) electrons. The Bertz CT molecular complexity index is 722. The van der Waals surface area contributed by atoms with Crippen LogP contribution in [0, 0.1) is 5.92 Å². The summed E-state index contributed by atoms with van der Waals surface area (Å²) in [6.07, 6.45) is 7.63. The van der Waals surface area contributed by atoms with Gasteiger partial charge in [-0.3, -0.25) is 4.79 Å². The van der Waals surface area contributed by atoms with Gasteiger partial charge in [0.25, 0.3) is 0 Å². The third kappa shape index (κ3) is 2.49. The highest BCUT2D eigenvalue weighted by atomic mass is 16.2. The molecule has 2 N–H and O–H groups in total. The maximum atomic E-state index is 12.4. The second kappa shape index (κ2) is 5.88. The van der Waals surface area contributed by atoms with Crippen LogP contribution in [0.15, 0.2) is 12.4 Å². The Balaban J connectivity index is 1.58. The van der Waals surface area contributed by atoms with E-state index in [1.165, 1.54) is 6.42 Å². The molecule has 1 saturated heterocycles. The van der Waals surface area contributed by atoms with Gasteiger partial charge in [0.2, 0.25) is 5.91 Å². The molecule has 2 aromatic heterocycles. The SMILES string of the molecule is NCCn1nc([C@@H]2CCN(C(=O)C3CCC3)C2)c2nccnc21. The zero-order valence-corrected chi connectivity index (χ0v) is 13.2. The van der Waals surface area contributed by atoms with Crippen LogP contribution in [0.2, 0.25) is 0 Å². The molecule has 1 saturated carbocycles. The number of rotatable bonds is 4. The predicted octanol–water partition coefficient (Wildman–Crippen LogP) is 0.901. The van der Waals surface area contributed by atoms with Crippen molar-refractivity contribution in [1.29, 1.82) is 0 Å². The van der Waals surface area contributed by atoms with Crippen LogP contribution in [0.3, 0.4) is 0 Å². The van der Waals surface area contributed by atoms with E-state index < -0.39 is 0 Å². The summed E-state index contributed by atoms with van der Waals surface area (Å²) in [5.74, 6) is 0.841. The fraction of sp³-hybridized carbons (Fsp3) is 0.625. The van der Waals surface area contributed by atoms with Crippen molar-refractivity contribution in [3.8, 4) is 0 Å². The standard InChI is InChI=1S/C16H22N6O/c17-5-9-22-15-14(18-6-7-19-15)13(20-22)12-4-8-21(10-12)16(23)11-2-1-3-11/h6-7,11-12H,1-5,8-10,17H2/t12-/m1/s1. The van der Waals surface area contributed by atoms with Gasteiger partial charge in [0, 0.05) is 43.9 Å². The minimum atomic E-state index is 0.247. The summed E-state index contributed by atoms with van der Waals surface area (Å²) < 4.78 is 1.84. The highest BCUT2D eigenvalue weighted by molar-refractivity contribution is 5.80. The lowest BCUT2D eigenvalue weighted by Crippen LogP contribution is -2.37. The minimum Gasteiger partial charge on any atom is -0.342 e. The van der Waals surface area contributed by atoms with E-state index in [1.807, 2.05) is 9.58 Å². The third-order valence-corrected chi connectivity index (χ3v) is 5.08. The zero-order chi connectivity index (χ0) is 15.8. The van der Waals surface area contributed by atoms with Gasteiger partial charge in [-0.25, -0.2) is 14.6 Å². The van der Waals surface area contributed by atoms with Gasteiger partial charge in [0.15, 0.2) is 5.65 Å². The molecule has 1 atom stereocenters. The molecule has 1 aliphatic carbocycles. The number of carbonyl (C=O) groups is 1. The summed E-state index contributed by atoms with van der Waals surface area (Å²) in [6, 6.07) is 0. The number of nitrogens with two attached hydrogens (primary N) is 1. The number of nitrogens with zero attached hydrogens (tertiary/aromatic N) is 5. The number of carbonyl (C=O) groups excluding carboxylic acids is 1. The number of hydrogen-bond acceptors (Lipinski definition) is 5. The van der Waals surface area contributed by atoms with Crippen molar-refractivity contribution < 1.29 is 4.79 Å². The van der Waals surface area contributed by atoms with Gasteiger partial charge in [-0.1, -0.05) is 6.42 Å². The molecule has 2 aliphatic rings. The van der Waals surface area contributed by atoms with E-state index in [9.17, 15) is 4.79 Å². The van der Waals surface area contributed by atoms with Gasteiger partial charge in [-0.2, -0.15) is 5.10 Å².